The average molecular weight is 233 g/mol. The van der Waals surface area contributed by atoms with Gasteiger partial charge < -0.3 is 14.6 Å². The Balaban J connectivity index is 2.81. The molecular weight excluding hydrogens is 224 g/mol. The van der Waals surface area contributed by atoms with Gasteiger partial charge in [0.05, 0.1) is 4.47 Å². The van der Waals surface area contributed by atoms with Crippen LogP contribution in [0, 0.1) is 0 Å². The van der Waals surface area contributed by atoms with Gasteiger partial charge in [0.15, 0.2) is 18.3 Å². The zero-order valence-electron chi connectivity index (χ0n) is 6.58. The number of hydrogen-bond acceptors (Lipinski definition) is 3. The van der Waals surface area contributed by atoms with Crippen LogP contribution in [0.2, 0.25) is 0 Å². The molecule has 0 unspecified atom stereocenters. The second kappa shape index (κ2) is 4.33. The summed E-state index contributed by atoms with van der Waals surface area (Å²) in [5.74, 6) is 0.501. The lowest BCUT2D eigenvalue weighted by atomic mass is 10.3. The van der Waals surface area contributed by atoms with E-state index >= 15 is 0 Å². The Morgan fingerprint density at radius 2 is 2.25 bits per heavy atom. The molecule has 0 atom stereocenters. The van der Waals surface area contributed by atoms with Crippen molar-refractivity contribution in [2.24, 2.45) is 0 Å². The molecule has 0 fully saturated rings. The lowest BCUT2D eigenvalue weighted by molar-refractivity contribution is 0.0486. The summed E-state index contributed by atoms with van der Waals surface area (Å²) in [7, 11) is 1.52. The van der Waals surface area contributed by atoms with Crippen molar-refractivity contribution in [1.82, 2.24) is 0 Å². The zero-order chi connectivity index (χ0) is 8.97. The standard InChI is InChI=1S/C8H9BrO3/c1-11-5-12-8-6(9)3-2-4-7(8)10/h2-4,10H,5H2,1H3. The van der Waals surface area contributed by atoms with Crippen molar-refractivity contribution in [3.63, 3.8) is 0 Å². The van der Waals surface area contributed by atoms with Crippen molar-refractivity contribution < 1.29 is 14.6 Å². The molecule has 0 spiro atoms. The predicted octanol–water partition coefficient (Wildman–Crippen LogP) is 2.14. The lowest BCUT2D eigenvalue weighted by Gasteiger charge is -2.07. The Labute approximate surface area is 79.1 Å². The average Bonchev–Trinajstić information content (AvgIpc) is 2.04. The Bertz CT molecular complexity index is 242. The molecule has 4 heteroatoms. The second-order valence-corrected chi connectivity index (χ2v) is 2.99. The molecule has 1 N–H and O–H groups in total. The van der Waals surface area contributed by atoms with Gasteiger partial charge in [0.25, 0.3) is 0 Å². The van der Waals surface area contributed by atoms with Crippen LogP contribution >= 0.6 is 15.9 Å². The van der Waals surface area contributed by atoms with Gasteiger partial charge in [-0.3, -0.25) is 0 Å². The van der Waals surface area contributed by atoms with E-state index in [2.05, 4.69) is 15.9 Å². The minimum atomic E-state index is 0.0985. The van der Waals surface area contributed by atoms with E-state index in [0.29, 0.717) is 10.2 Å². The number of ether oxygens (including phenoxy) is 2. The van der Waals surface area contributed by atoms with Crippen LogP contribution in [0.25, 0.3) is 0 Å². The molecule has 0 aliphatic heterocycles. The third kappa shape index (κ3) is 2.12. The first-order valence-electron chi connectivity index (χ1n) is 3.35. The minimum Gasteiger partial charge on any atom is -0.504 e. The van der Waals surface area contributed by atoms with Crippen molar-refractivity contribution in [3.8, 4) is 11.5 Å². The van der Waals surface area contributed by atoms with Crippen LogP contribution in [0.5, 0.6) is 11.5 Å². The Morgan fingerprint density at radius 1 is 1.50 bits per heavy atom. The minimum absolute atomic E-state index is 0.0985. The molecule has 0 aliphatic rings. The molecule has 1 aromatic rings. The first kappa shape index (κ1) is 9.35. The summed E-state index contributed by atoms with van der Waals surface area (Å²) in [5.41, 5.74) is 0. The highest BCUT2D eigenvalue weighted by atomic mass is 79.9. The fourth-order valence-corrected chi connectivity index (χ4v) is 1.23. The van der Waals surface area contributed by atoms with Crippen molar-refractivity contribution in [2.75, 3.05) is 13.9 Å². The highest BCUT2D eigenvalue weighted by Crippen LogP contribution is 2.33. The number of methoxy groups -OCH3 is 1. The molecular formula is C8H9BrO3. The molecule has 0 heterocycles. The van der Waals surface area contributed by atoms with Gasteiger partial charge in [-0.1, -0.05) is 6.07 Å². The van der Waals surface area contributed by atoms with Crippen LogP contribution in [0.15, 0.2) is 22.7 Å². The quantitative estimate of drug-likeness (QED) is 0.813. The summed E-state index contributed by atoms with van der Waals surface area (Å²) in [5, 5.41) is 9.31. The van der Waals surface area contributed by atoms with Gasteiger partial charge in [-0.15, -0.1) is 0 Å². The van der Waals surface area contributed by atoms with E-state index in [9.17, 15) is 5.11 Å². The van der Waals surface area contributed by atoms with Crippen LogP contribution in [0.3, 0.4) is 0 Å². The van der Waals surface area contributed by atoms with Gasteiger partial charge in [0.2, 0.25) is 0 Å². The molecule has 0 aliphatic carbocycles. The maximum Gasteiger partial charge on any atom is 0.188 e. The van der Waals surface area contributed by atoms with Crippen molar-refractivity contribution >= 4 is 15.9 Å². The van der Waals surface area contributed by atoms with Gasteiger partial charge >= 0.3 is 0 Å². The SMILES string of the molecule is COCOc1c(O)cccc1Br. The number of phenols is 1. The van der Waals surface area contributed by atoms with E-state index in [0.717, 1.165) is 0 Å². The topological polar surface area (TPSA) is 38.7 Å². The smallest absolute Gasteiger partial charge is 0.188 e. The van der Waals surface area contributed by atoms with Crippen molar-refractivity contribution in [2.45, 2.75) is 0 Å². The van der Waals surface area contributed by atoms with Crippen LogP contribution in [0.1, 0.15) is 0 Å². The number of halogens is 1. The largest absolute Gasteiger partial charge is 0.504 e. The van der Waals surface area contributed by atoms with E-state index in [1.165, 1.54) is 7.11 Å². The monoisotopic (exact) mass is 232 g/mol. The summed E-state index contributed by atoms with van der Waals surface area (Å²) in [4.78, 5) is 0. The third-order valence-electron chi connectivity index (χ3n) is 1.27. The fraction of sp³-hybridized carbons (Fsp3) is 0.250. The van der Waals surface area contributed by atoms with Crippen LogP contribution < -0.4 is 4.74 Å². The molecule has 3 nitrogen and oxygen atoms in total. The van der Waals surface area contributed by atoms with Gasteiger partial charge in [-0.25, -0.2) is 0 Å². The van der Waals surface area contributed by atoms with Gasteiger partial charge in [0.1, 0.15) is 0 Å². The number of hydrogen-bond donors (Lipinski definition) is 1. The third-order valence-corrected chi connectivity index (χ3v) is 1.89. The van der Waals surface area contributed by atoms with E-state index in [-0.39, 0.29) is 12.5 Å². The summed E-state index contributed by atoms with van der Waals surface area (Å²) in [6.07, 6.45) is 0. The van der Waals surface area contributed by atoms with E-state index in [4.69, 9.17) is 9.47 Å². The predicted molar refractivity (Wildman–Crippen MR) is 48.3 cm³/mol. The molecule has 0 radical (unpaired) electrons. The molecule has 0 saturated carbocycles. The fourth-order valence-electron chi connectivity index (χ4n) is 0.758. The molecule has 0 saturated heterocycles. The van der Waals surface area contributed by atoms with E-state index in [1.807, 2.05) is 0 Å². The normalized spacial score (nSPS) is 9.83. The van der Waals surface area contributed by atoms with Gasteiger partial charge in [0, 0.05) is 7.11 Å². The maximum absolute atomic E-state index is 9.31. The summed E-state index contributed by atoms with van der Waals surface area (Å²) < 4.78 is 10.5. The van der Waals surface area contributed by atoms with Gasteiger partial charge in [-0.2, -0.15) is 0 Å². The zero-order valence-corrected chi connectivity index (χ0v) is 8.17. The van der Waals surface area contributed by atoms with Gasteiger partial charge in [-0.05, 0) is 28.1 Å². The number of para-hydroxylation sites is 1. The maximum atomic E-state index is 9.31. The van der Waals surface area contributed by atoms with Crippen molar-refractivity contribution in [1.29, 1.82) is 0 Å². The Morgan fingerprint density at radius 3 is 2.83 bits per heavy atom. The van der Waals surface area contributed by atoms with Crippen LogP contribution in [0.4, 0.5) is 0 Å². The Hall–Kier alpha value is -0.740. The van der Waals surface area contributed by atoms with Crippen molar-refractivity contribution in [3.05, 3.63) is 22.7 Å². The van der Waals surface area contributed by atoms with Crippen LogP contribution in [-0.4, -0.2) is 19.0 Å². The first-order valence-corrected chi connectivity index (χ1v) is 4.14. The van der Waals surface area contributed by atoms with Crippen LogP contribution in [-0.2, 0) is 4.74 Å². The molecule has 0 aromatic heterocycles. The highest BCUT2D eigenvalue weighted by molar-refractivity contribution is 9.10. The van der Waals surface area contributed by atoms with E-state index < -0.39 is 0 Å². The summed E-state index contributed by atoms with van der Waals surface area (Å²) >= 11 is 3.24. The number of aromatic hydroxyl groups is 1. The molecule has 0 amide bonds. The lowest BCUT2D eigenvalue weighted by Crippen LogP contribution is -1.99. The molecule has 66 valence electrons. The van der Waals surface area contributed by atoms with E-state index in [1.54, 1.807) is 18.2 Å². The molecule has 1 rings (SSSR count). The molecule has 1 aromatic carbocycles. The Kier molecular flexibility index (Phi) is 3.37. The number of phenolic OH excluding ortho intramolecular Hbond substituents is 1. The molecule has 0 bridgehead atoms. The second-order valence-electron chi connectivity index (χ2n) is 2.14. The highest BCUT2D eigenvalue weighted by Gasteiger charge is 2.05. The number of rotatable bonds is 3. The first-order chi connectivity index (χ1) is 5.75. The number of benzene rings is 1. The summed E-state index contributed by atoms with van der Waals surface area (Å²) in [6.45, 7) is 0.121. The summed E-state index contributed by atoms with van der Waals surface area (Å²) in [6, 6.07) is 5.06. The molecule has 12 heavy (non-hydrogen) atoms.